The van der Waals surface area contributed by atoms with Crippen LogP contribution in [0.1, 0.15) is 17.2 Å². The first-order valence-electron chi connectivity index (χ1n) is 4.78. The summed E-state index contributed by atoms with van der Waals surface area (Å²) in [6.45, 7) is 0. The minimum absolute atomic E-state index is 0.0810. The van der Waals surface area contributed by atoms with Crippen molar-refractivity contribution in [1.29, 1.82) is 0 Å². The molecule has 1 unspecified atom stereocenters. The molecule has 0 radical (unpaired) electrons. The van der Waals surface area contributed by atoms with Crippen LogP contribution >= 0.6 is 11.6 Å². The molecule has 0 spiro atoms. The van der Waals surface area contributed by atoms with E-state index in [1.54, 1.807) is 6.26 Å². The number of halogens is 1. The number of hydrogen-bond acceptors (Lipinski definition) is 2. The Morgan fingerprint density at radius 2 is 1.93 bits per heavy atom. The molecule has 3 heteroatoms. The van der Waals surface area contributed by atoms with E-state index in [4.69, 9.17) is 16.0 Å². The maximum Gasteiger partial charge on any atom is 0.198 e. The van der Waals surface area contributed by atoms with Gasteiger partial charge in [0.2, 0.25) is 0 Å². The van der Waals surface area contributed by atoms with Gasteiger partial charge in [0.05, 0.1) is 12.3 Å². The smallest absolute Gasteiger partial charge is 0.198 e. The molecule has 0 fully saturated rings. The molecule has 1 N–H and O–H groups in total. The lowest BCUT2D eigenvalue weighted by Gasteiger charge is -2.15. The van der Waals surface area contributed by atoms with E-state index in [1.807, 2.05) is 31.3 Å². The van der Waals surface area contributed by atoms with Crippen molar-refractivity contribution in [3.05, 3.63) is 59.0 Å². The molecule has 2 aromatic rings. The summed E-state index contributed by atoms with van der Waals surface area (Å²) in [5, 5.41) is 3.66. The van der Waals surface area contributed by atoms with Crippen molar-refractivity contribution in [3.63, 3.8) is 0 Å². The molecular weight excluding hydrogens is 210 g/mol. The zero-order valence-electron chi connectivity index (χ0n) is 8.41. The Hall–Kier alpha value is -1.25. The van der Waals surface area contributed by atoms with E-state index < -0.39 is 0 Å². The van der Waals surface area contributed by atoms with Crippen LogP contribution in [0.4, 0.5) is 0 Å². The third-order valence-electron chi connectivity index (χ3n) is 2.38. The van der Waals surface area contributed by atoms with Gasteiger partial charge in [0.1, 0.15) is 0 Å². The number of hydrogen-bond donors (Lipinski definition) is 1. The second kappa shape index (κ2) is 4.51. The molecule has 1 aromatic heterocycles. The molecule has 2 rings (SSSR count). The fraction of sp³-hybridized carbons (Fsp3) is 0.167. The normalized spacial score (nSPS) is 12.7. The van der Waals surface area contributed by atoms with E-state index in [2.05, 4.69) is 17.4 Å². The van der Waals surface area contributed by atoms with E-state index in [-0.39, 0.29) is 6.04 Å². The van der Waals surface area contributed by atoms with Crippen LogP contribution in [0.25, 0.3) is 0 Å². The Labute approximate surface area is 93.9 Å². The van der Waals surface area contributed by atoms with E-state index in [0.29, 0.717) is 5.22 Å². The topological polar surface area (TPSA) is 25.2 Å². The SMILES string of the molecule is CNC(c1ccccc1)c1ccoc1Cl. The third-order valence-corrected chi connectivity index (χ3v) is 2.69. The largest absolute Gasteiger partial charge is 0.453 e. The van der Waals surface area contributed by atoms with E-state index in [0.717, 1.165) is 5.56 Å². The molecule has 1 heterocycles. The van der Waals surface area contributed by atoms with Crippen molar-refractivity contribution in [1.82, 2.24) is 5.32 Å². The Morgan fingerprint density at radius 1 is 1.20 bits per heavy atom. The molecule has 0 aliphatic rings. The molecule has 0 amide bonds. The number of rotatable bonds is 3. The van der Waals surface area contributed by atoms with Gasteiger partial charge in [-0.15, -0.1) is 0 Å². The van der Waals surface area contributed by atoms with Crippen LogP contribution in [-0.4, -0.2) is 7.05 Å². The summed E-state index contributed by atoms with van der Waals surface area (Å²) < 4.78 is 5.09. The number of furan rings is 1. The van der Waals surface area contributed by atoms with Gasteiger partial charge in [0, 0.05) is 5.56 Å². The fourth-order valence-electron chi connectivity index (χ4n) is 1.66. The molecule has 0 bridgehead atoms. The maximum absolute atomic E-state index is 5.96. The van der Waals surface area contributed by atoms with Crippen LogP contribution in [-0.2, 0) is 0 Å². The van der Waals surface area contributed by atoms with E-state index in [1.165, 1.54) is 5.56 Å². The molecular formula is C12H12ClNO. The predicted molar refractivity (Wildman–Crippen MR) is 61.1 cm³/mol. The second-order valence-corrected chi connectivity index (χ2v) is 3.63. The van der Waals surface area contributed by atoms with Crippen LogP contribution < -0.4 is 5.32 Å². The zero-order valence-corrected chi connectivity index (χ0v) is 9.16. The van der Waals surface area contributed by atoms with Crippen LogP contribution in [0.3, 0.4) is 0 Å². The molecule has 1 aromatic carbocycles. The highest BCUT2D eigenvalue weighted by Crippen LogP contribution is 2.28. The fourth-order valence-corrected chi connectivity index (χ4v) is 1.88. The Kier molecular flexibility index (Phi) is 3.09. The monoisotopic (exact) mass is 221 g/mol. The van der Waals surface area contributed by atoms with Gasteiger partial charge in [-0.05, 0) is 30.3 Å². The Bertz CT molecular complexity index is 424. The first kappa shape index (κ1) is 10.3. The lowest BCUT2D eigenvalue weighted by Crippen LogP contribution is -2.17. The lowest BCUT2D eigenvalue weighted by atomic mass is 10.0. The molecule has 0 aliphatic carbocycles. The first-order chi connectivity index (χ1) is 7.33. The third kappa shape index (κ3) is 2.06. The molecule has 0 saturated heterocycles. The van der Waals surface area contributed by atoms with Gasteiger partial charge < -0.3 is 9.73 Å². The minimum atomic E-state index is 0.0810. The minimum Gasteiger partial charge on any atom is -0.453 e. The van der Waals surface area contributed by atoms with Crippen molar-refractivity contribution in [3.8, 4) is 0 Å². The van der Waals surface area contributed by atoms with Gasteiger partial charge in [-0.3, -0.25) is 0 Å². The summed E-state index contributed by atoms with van der Waals surface area (Å²) in [5.74, 6) is 0. The van der Waals surface area contributed by atoms with Crippen molar-refractivity contribution in [2.45, 2.75) is 6.04 Å². The summed E-state index contributed by atoms with van der Waals surface area (Å²) >= 11 is 5.96. The standard InChI is InChI=1S/C12H12ClNO/c1-14-11(9-5-3-2-4-6-9)10-7-8-15-12(10)13/h2-8,11,14H,1H3. The summed E-state index contributed by atoms with van der Waals surface area (Å²) in [6, 6.07) is 12.1. The van der Waals surface area contributed by atoms with Gasteiger partial charge in [0.15, 0.2) is 5.22 Å². The summed E-state index contributed by atoms with van der Waals surface area (Å²) in [4.78, 5) is 0. The second-order valence-electron chi connectivity index (χ2n) is 3.28. The number of nitrogens with one attached hydrogen (secondary N) is 1. The average molecular weight is 222 g/mol. The van der Waals surface area contributed by atoms with Crippen molar-refractivity contribution < 1.29 is 4.42 Å². The molecule has 1 atom stereocenters. The van der Waals surface area contributed by atoms with E-state index >= 15 is 0 Å². The van der Waals surface area contributed by atoms with Crippen LogP contribution in [0.5, 0.6) is 0 Å². The summed E-state index contributed by atoms with van der Waals surface area (Å²) in [7, 11) is 1.90. The predicted octanol–water partition coefficient (Wildman–Crippen LogP) is 3.24. The Balaban J connectivity index is 2.37. The highest BCUT2D eigenvalue weighted by Gasteiger charge is 2.16. The van der Waals surface area contributed by atoms with Gasteiger partial charge in [-0.1, -0.05) is 30.3 Å². The summed E-state index contributed by atoms with van der Waals surface area (Å²) in [5.41, 5.74) is 2.13. The van der Waals surface area contributed by atoms with E-state index in [9.17, 15) is 0 Å². The van der Waals surface area contributed by atoms with Gasteiger partial charge in [-0.25, -0.2) is 0 Å². The first-order valence-corrected chi connectivity index (χ1v) is 5.16. The average Bonchev–Trinajstić information content (AvgIpc) is 2.68. The maximum atomic E-state index is 5.96. The zero-order chi connectivity index (χ0) is 10.7. The van der Waals surface area contributed by atoms with Crippen LogP contribution in [0.15, 0.2) is 47.1 Å². The lowest BCUT2D eigenvalue weighted by molar-refractivity contribution is 0.559. The van der Waals surface area contributed by atoms with Crippen LogP contribution in [0, 0.1) is 0 Å². The van der Waals surface area contributed by atoms with Gasteiger partial charge >= 0.3 is 0 Å². The molecule has 15 heavy (non-hydrogen) atoms. The Morgan fingerprint density at radius 3 is 2.47 bits per heavy atom. The van der Waals surface area contributed by atoms with Crippen molar-refractivity contribution in [2.75, 3.05) is 7.05 Å². The van der Waals surface area contributed by atoms with Crippen LogP contribution in [0.2, 0.25) is 5.22 Å². The highest BCUT2D eigenvalue weighted by atomic mass is 35.5. The molecule has 0 saturated carbocycles. The van der Waals surface area contributed by atoms with Gasteiger partial charge in [0.25, 0.3) is 0 Å². The summed E-state index contributed by atoms with van der Waals surface area (Å²) in [6.07, 6.45) is 1.60. The molecule has 78 valence electrons. The number of benzene rings is 1. The van der Waals surface area contributed by atoms with Crippen molar-refractivity contribution >= 4 is 11.6 Å². The highest BCUT2D eigenvalue weighted by molar-refractivity contribution is 6.29. The van der Waals surface area contributed by atoms with Crippen molar-refractivity contribution in [2.24, 2.45) is 0 Å². The van der Waals surface area contributed by atoms with Gasteiger partial charge in [-0.2, -0.15) is 0 Å². The quantitative estimate of drug-likeness (QED) is 0.861. The molecule has 0 aliphatic heterocycles. The molecule has 2 nitrogen and oxygen atoms in total.